The first-order valence-corrected chi connectivity index (χ1v) is 10.9. The smallest absolute Gasteiger partial charge is 0.269 e. The van der Waals surface area contributed by atoms with E-state index >= 15 is 0 Å². The Bertz CT molecular complexity index is 1190. The zero-order chi connectivity index (χ0) is 22.0. The van der Waals surface area contributed by atoms with Gasteiger partial charge in [0.05, 0.1) is 21.2 Å². The molecule has 1 fully saturated rings. The van der Waals surface area contributed by atoms with Crippen LogP contribution >= 0.6 is 24.0 Å². The van der Waals surface area contributed by atoms with E-state index in [-0.39, 0.29) is 11.6 Å². The first kappa shape index (κ1) is 21.0. The molecule has 0 saturated carbocycles. The van der Waals surface area contributed by atoms with Crippen LogP contribution in [0, 0.1) is 10.1 Å². The van der Waals surface area contributed by atoms with Gasteiger partial charge in [-0.15, -0.1) is 0 Å². The van der Waals surface area contributed by atoms with Gasteiger partial charge >= 0.3 is 0 Å². The summed E-state index contributed by atoms with van der Waals surface area (Å²) in [6.45, 7) is 2.58. The third kappa shape index (κ3) is 4.28. The maximum atomic E-state index is 12.8. The minimum atomic E-state index is -0.438. The van der Waals surface area contributed by atoms with Crippen molar-refractivity contribution in [1.82, 2.24) is 14.7 Å². The van der Waals surface area contributed by atoms with Crippen molar-refractivity contribution in [3.05, 3.63) is 81.4 Å². The van der Waals surface area contributed by atoms with Crippen molar-refractivity contribution in [3.63, 3.8) is 0 Å². The summed E-state index contributed by atoms with van der Waals surface area (Å²) in [6.07, 6.45) is 4.45. The summed E-state index contributed by atoms with van der Waals surface area (Å²) < 4.78 is 2.28. The average Bonchev–Trinajstić information content (AvgIpc) is 3.31. The standard InChI is InChI=1S/C22H18N4O3S2/c1-2-12-24-21(27)19(31-22(24)30)13-16-14-25(17-6-4-3-5-7-17)23-20(16)15-8-10-18(11-9-15)26(28)29/h3-11,13-14H,2,12H2,1H3/b19-13+. The molecule has 0 aliphatic carbocycles. The third-order valence-electron chi connectivity index (χ3n) is 4.72. The monoisotopic (exact) mass is 450 g/mol. The summed E-state index contributed by atoms with van der Waals surface area (Å²) in [5.41, 5.74) is 2.95. The highest BCUT2D eigenvalue weighted by molar-refractivity contribution is 8.26. The first-order chi connectivity index (χ1) is 15.0. The molecular weight excluding hydrogens is 432 g/mol. The van der Waals surface area contributed by atoms with Gasteiger partial charge < -0.3 is 0 Å². The molecule has 9 heteroatoms. The van der Waals surface area contributed by atoms with Crippen LogP contribution in [0.2, 0.25) is 0 Å². The largest absolute Gasteiger partial charge is 0.293 e. The SMILES string of the molecule is CCCN1C(=O)/C(=C\c2cn(-c3ccccc3)nc2-c2ccc([N+](=O)[O-])cc2)SC1=S. The highest BCUT2D eigenvalue weighted by Gasteiger charge is 2.31. The zero-order valence-corrected chi connectivity index (χ0v) is 18.2. The molecular formula is C22H18N4O3S2. The number of nitro benzene ring substituents is 1. The van der Waals surface area contributed by atoms with Crippen LogP contribution in [-0.4, -0.2) is 36.4 Å². The lowest BCUT2D eigenvalue weighted by Crippen LogP contribution is -2.28. The summed E-state index contributed by atoms with van der Waals surface area (Å²) in [4.78, 5) is 25.5. The van der Waals surface area contributed by atoms with Crippen LogP contribution in [0.3, 0.4) is 0 Å². The van der Waals surface area contributed by atoms with E-state index in [1.54, 1.807) is 27.8 Å². The molecule has 31 heavy (non-hydrogen) atoms. The van der Waals surface area contributed by atoms with Crippen molar-refractivity contribution >= 4 is 46.0 Å². The molecule has 1 aromatic heterocycles. The van der Waals surface area contributed by atoms with E-state index in [2.05, 4.69) is 0 Å². The van der Waals surface area contributed by atoms with Gasteiger partial charge in [-0.3, -0.25) is 19.8 Å². The van der Waals surface area contributed by atoms with Gasteiger partial charge in [0, 0.05) is 36.0 Å². The number of rotatable bonds is 6. The summed E-state index contributed by atoms with van der Waals surface area (Å²) in [5, 5.41) is 15.7. The molecule has 2 aromatic carbocycles. The molecule has 2 heterocycles. The van der Waals surface area contributed by atoms with Crippen LogP contribution < -0.4 is 0 Å². The van der Waals surface area contributed by atoms with E-state index in [1.165, 1.54) is 23.9 Å². The van der Waals surface area contributed by atoms with Crippen LogP contribution in [0.15, 0.2) is 65.7 Å². The predicted molar refractivity (Wildman–Crippen MR) is 126 cm³/mol. The van der Waals surface area contributed by atoms with Crippen LogP contribution in [0.25, 0.3) is 23.0 Å². The van der Waals surface area contributed by atoms with Crippen molar-refractivity contribution in [2.75, 3.05) is 6.54 Å². The topological polar surface area (TPSA) is 81.3 Å². The van der Waals surface area contributed by atoms with E-state index in [0.29, 0.717) is 21.5 Å². The Morgan fingerprint density at radius 2 is 1.87 bits per heavy atom. The molecule has 4 rings (SSSR count). The fraction of sp³-hybridized carbons (Fsp3) is 0.136. The van der Waals surface area contributed by atoms with Gasteiger partial charge in [0.15, 0.2) is 0 Å². The number of thiocarbonyl (C=S) groups is 1. The van der Waals surface area contributed by atoms with Crippen molar-refractivity contribution in [3.8, 4) is 16.9 Å². The number of aromatic nitrogens is 2. The summed E-state index contributed by atoms with van der Waals surface area (Å²) in [6, 6.07) is 15.8. The highest BCUT2D eigenvalue weighted by Crippen LogP contribution is 2.35. The number of nitro groups is 1. The third-order valence-corrected chi connectivity index (χ3v) is 6.10. The molecule has 1 aliphatic rings. The van der Waals surface area contributed by atoms with E-state index in [1.807, 2.05) is 43.5 Å². The maximum Gasteiger partial charge on any atom is 0.269 e. The second kappa shape index (κ2) is 8.83. The number of hydrogen-bond donors (Lipinski definition) is 0. The van der Waals surface area contributed by atoms with E-state index < -0.39 is 4.92 Å². The first-order valence-electron chi connectivity index (χ1n) is 9.63. The van der Waals surface area contributed by atoms with Crippen LogP contribution in [0.5, 0.6) is 0 Å². The molecule has 3 aromatic rings. The molecule has 7 nitrogen and oxygen atoms in total. The number of non-ortho nitro benzene ring substituents is 1. The number of carbonyl (C=O) groups excluding carboxylic acids is 1. The van der Waals surface area contributed by atoms with Gasteiger partial charge in [0.1, 0.15) is 4.32 Å². The van der Waals surface area contributed by atoms with E-state index in [4.69, 9.17) is 17.3 Å². The quantitative estimate of drug-likeness (QED) is 0.226. The number of benzene rings is 2. The fourth-order valence-corrected chi connectivity index (χ4v) is 4.53. The molecule has 1 aliphatic heterocycles. The molecule has 0 unspecified atom stereocenters. The molecule has 0 bridgehead atoms. The highest BCUT2D eigenvalue weighted by atomic mass is 32.2. The molecule has 1 amide bonds. The molecule has 0 N–H and O–H groups in total. The minimum absolute atomic E-state index is 0.00762. The van der Waals surface area contributed by atoms with E-state index in [9.17, 15) is 14.9 Å². The Kier molecular flexibility index (Phi) is 5.97. The normalized spacial score (nSPS) is 15.1. The zero-order valence-electron chi connectivity index (χ0n) is 16.6. The Morgan fingerprint density at radius 1 is 1.16 bits per heavy atom. The van der Waals surface area contributed by atoms with Crippen molar-refractivity contribution < 1.29 is 9.72 Å². The molecule has 0 radical (unpaired) electrons. The lowest BCUT2D eigenvalue weighted by atomic mass is 10.1. The number of hydrogen-bond acceptors (Lipinski definition) is 6. The summed E-state index contributed by atoms with van der Waals surface area (Å²) in [7, 11) is 0. The van der Waals surface area contributed by atoms with Gasteiger partial charge in [-0.1, -0.05) is 49.1 Å². The number of amides is 1. The van der Waals surface area contributed by atoms with Crippen LogP contribution in [-0.2, 0) is 4.79 Å². The van der Waals surface area contributed by atoms with Crippen molar-refractivity contribution in [1.29, 1.82) is 0 Å². The maximum absolute atomic E-state index is 12.8. The number of thioether (sulfide) groups is 1. The lowest BCUT2D eigenvalue weighted by molar-refractivity contribution is -0.384. The molecule has 156 valence electrons. The molecule has 0 spiro atoms. The van der Waals surface area contributed by atoms with E-state index in [0.717, 1.165) is 23.2 Å². The minimum Gasteiger partial charge on any atom is -0.293 e. The van der Waals surface area contributed by atoms with Gasteiger partial charge in [0.2, 0.25) is 0 Å². The van der Waals surface area contributed by atoms with Crippen molar-refractivity contribution in [2.24, 2.45) is 0 Å². The van der Waals surface area contributed by atoms with Gasteiger partial charge in [0.25, 0.3) is 11.6 Å². The van der Waals surface area contributed by atoms with Crippen molar-refractivity contribution in [2.45, 2.75) is 13.3 Å². The number of para-hydroxylation sites is 1. The summed E-state index contributed by atoms with van der Waals surface area (Å²) in [5.74, 6) is -0.112. The Labute approximate surface area is 188 Å². The van der Waals surface area contributed by atoms with Crippen LogP contribution in [0.1, 0.15) is 18.9 Å². The molecule has 1 saturated heterocycles. The fourth-order valence-electron chi connectivity index (χ4n) is 3.23. The Hall–Kier alpha value is -3.30. The number of carbonyl (C=O) groups is 1. The lowest BCUT2D eigenvalue weighted by Gasteiger charge is -2.11. The Morgan fingerprint density at radius 3 is 2.52 bits per heavy atom. The molecule has 0 atom stereocenters. The average molecular weight is 451 g/mol. The summed E-state index contributed by atoms with van der Waals surface area (Å²) >= 11 is 6.64. The predicted octanol–water partition coefficient (Wildman–Crippen LogP) is 5.06. The Balaban J connectivity index is 1.79. The van der Waals surface area contributed by atoms with Crippen LogP contribution in [0.4, 0.5) is 5.69 Å². The second-order valence-electron chi connectivity index (χ2n) is 6.85. The number of nitrogens with zero attached hydrogens (tertiary/aromatic N) is 4. The van der Waals surface area contributed by atoms with Gasteiger partial charge in [-0.25, -0.2) is 4.68 Å². The van der Waals surface area contributed by atoms with Gasteiger partial charge in [-0.05, 0) is 36.8 Å². The second-order valence-corrected chi connectivity index (χ2v) is 8.53. The van der Waals surface area contributed by atoms with Gasteiger partial charge in [-0.2, -0.15) is 5.10 Å².